The monoisotopic (exact) mass is 349 g/mol. The second-order valence-corrected chi connectivity index (χ2v) is 5.59. The molecule has 11 heteroatoms. The van der Waals surface area contributed by atoms with Crippen molar-refractivity contribution < 1.29 is 28.6 Å². The largest absolute Gasteiger partial charge is 0.624 e. The van der Waals surface area contributed by atoms with Crippen LogP contribution in [0, 0.1) is 15.3 Å². The highest BCUT2D eigenvalue weighted by Gasteiger charge is 2.42. The summed E-state index contributed by atoms with van der Waals surface area (Å²) in [4.78, 5) is 35.4. The van der Waals surface area contributed by atoms with E-state index in [-0.39, 0.29) is 18.8 Å². The van der Waals surface area contributed by atoms with E-state index >= 15 is 0 Å². The minimum atomic E-state index is -1.34. The number of hydroxylamine groups is 1. The van der Waals surface area contributed by atoms with Crippen molar-refractivity contribution in [3.05, 3.63) is 45.2 Å². The van der Waals surface area contributed by atoms with Gasteiger partial charge in [-0.1, -0.05) is 12.1 Å². The van der Waals surface area contributed by atoms with E-state index < -0.39 is 29.8 Å². The number of nitrogens with zero attached hydrogens (tertiary/aromatic N) is 3. The molecule has 0 bridgehead atoms. The van der Waals surface area contributed by atoms with Crippen molar-refractivity contribution in [2.75, 3.05) is 27.2 Å². The Bertz CT molecular complexity index is 683. The number of nitro benzene ring substituents is 1. The van der Waals surface area contributed by atoms with Crippen LogP contribution in [0.25, 0.3) is 0 Å². The smallest absolute Gasteiger partial charge is 0.617 e. The van der Waals surface area contributed by atoms with Gasteiger partial charge in [0.2, 0.25) is 0 Å². The first-order valence-corrected chi connectivity index (χ1v) is 7.33. The zero-order valence-corrected chi connectivity index (χ0v) is 13.7. The molecule has 1 fully saturated rings. The van der Waals surface area contributed by atoms with E-state index in [4.69, 9.17) is 9.31 Å². The standard InChI is InChI=1S/C14H16BN3O7/c1-16-8-13(19)24-15(25-14(20)9-16)12(7-17(2)21)10-3-5-11(6-4-10)18(22)23/h3-7,12H,8-9H2,1-2H3/b17-7-. The molecule has 2 rings (SSSR count). The quantitative estimate of drug-likeness (QED) is 0.185. The molecular weight excluding hydrogens is 333 g/mol. The molecule has 1 aromatic carbocycles. The number of rotatable bonds is 4. The molecule has 10 nitrogen and oxygen atoms in total. The number of carbonyl (C=O) groups is 2. The average molecular weight is 349 g/mol. The molecule has 0 amide bonds. The van der Waals surface area contributed by atoms with Gasteiger partial charge in [-0.3, -0.25) is 24.6 Å². The van der Waals surface area contributed by atoms with E-state index in [1.807, 2.05) is 0 Å². The maximum atomic E-state index is 11.9. The predicted octanol–water partition coefficient (Wildman–Crippen LogP) is -0.0515. The van der Waals surface area contributed by atoms with Crippen LogP contribution in [0.4, 0.5) is 5.69 Å². The molecule has 0 N–H and O–H groups in total. The fourth-order valence-electron chi connectivity index (χ4n) is 2.36. The lowest BCUT2D eigenvalue weighted by Gasteiger charge is -2.25. The summed E-state index contributed by atoms with van der Waals surface area (Å²) in [7, 11) is 1.44. The fourth-order valence-corrected chi connectivity index (χ4v) is 2.36. The summed E-state index contributed by atoms with van der Waals surface area (Å²) in [5, 5.41) is 22.2. The zero-order chi connectivity index (χ0) is 18.6. The van der Waals surface area contributed by atoms with Crippen LogP contribution in [0.1, 0.15) is 11.4 Å². The van der Waals surface area contributed by atoms with Gasteiger partial charge in [0.15, 0.2) is 6.21 Å². The number of hydrogen-bond acceptors (Lipinski definition) is 8. The normalized spacial score (nSPS) is 18.0. The van der Waals surface area contributed by atoms with E-state index in [2.05, 4.69) is 0 Å². The number of benzene rings is 1. The first-order chi connectivity index (χ1) is 11.8. The van der Waals surface area contributed by atoms with Gasteiger partial charge in [0.1, 0.15) is 12.9 Å². The molecule has 1 aliphatic heterocycles. The second kappa shape index (κ2) is 7.75. The highest BCUT2D eigenvalue weighted by Crippen LogP contribution is 2.23. The van der Waals surface area contributed by atoms with Crippen LogP contribution in [0.5, 0.6) is 0 Å². The van der Waals surface area contributed by atoms with Gasteiger partial charge in [-0.25, -0.2) is 4.74 Å². The van der Waals surface area contributed by atoms with Crippen molar-refractivity contribution in [2.45, 2.75) is 5.82 Å². The van der Waals surface area contributed by atoms with Crippen LogP contribution < -0.4 is 0 Å². The lowest BCUT2D eigenvalue weighted by molar-refractivity contribution is -0.418. The number of non-ortho nitro benzene ring substituents is 1. The molecule has 1 saturated heterocycles. The summed E-state index contributed by atoms with van der Waals surface area (Å²) in [6.07, 6.45) is 1.16. The molecular formula is C14H16BN3O7. The van der Waals surface area contributed by atoms with Crippen molar-refractivity contribution in [2.24, 2.45) is 0 Å². The van der Waals surface area contributed by atoms with Gasteiger partial charge in [0, 0.05) is 12.1 Å². The van der Waals surface area contributed by atoms with Crippen LogP contribution in [-0.2, 0) is 18.9 Å². The van der Waals surface area contributed by atoms with Gasteiger partial charge in [-0.15, -0.1) is 0 Å². The molecule has 1 heterocycles. The maximum absolute atomic E-state index is 11.9. The third-order valence-electron chi connectivity index (χ3n) is 3.45. The SMILES string of the molecule is CN1CC(=O)OB(C(/C=[N+](/C)[O-])c2ccc([N+](=O)[O-])cc2)OC(=O)C1. The highest BCUT2D eigenvalue weighted by atomic mass is 16.6. The number of carbonyl (C=O) groups excluding carboxylic acids is 2. The molecule has 1 unspecified atom stereocenters. The topological polar surface area (TPSA) is 125 Å². The Morgan fingerprint density at radius 2 is 1.68 bits per heavy atom. The van der Waals surface area contributed by atoms with Crippen molar-refractivity contribution in [1.29, 1.82) is 0 Å². The van der Waals surface area contributed by atoms with Crippen molar-refractivity contribution in [3.63, 3.8) is 0 Å². The highest BCUT2D eigenvalue weighted by molar-refractivity contribution is 6.54. The molecule has 25 heavy (non-hydrogen) atoms. The van der Waals surface area contributed by atoms with E-state index in [1.54, 1.807) is 7.05 Å². The van der Waals surface area contributed by atoms with Gasteiger partial charge < -0.3 is 14.5 Å². The van der Waals surface area contributed by atoms with Crippen molar-refractivity contribution >= 4 is 31.0 Å². The van der Waals surface area contributed by atoms with Crippen molar-refractivity contribution in [1.82, 2.24) is 4.90 Å². The summed E-state index contributed by atoms with van der Waals surface area (Å²) in [5.74, 6) is -2.14. The molecule has 1 aliphatic rings. The molecule has 0 saturated carbocycles. The Morgan fingerprint density at radius 3 is 2.12 bits per heavy atom. The summed E-state index contributed by atoms with van der Waals surface area (Å²) in [6, 6.07) is 5.33. The minimum absolute atomic E-state index is 0.105. The molecule has 0 aliphatic carbocycles. The molecule has 132 valence electrons. The Morgan fingerprint density at radius 1 is 1.16 bits per heavy atom. The van der Waals surface area contributed by atoms with E-state index in [0.717, 1.165) is 6.21 Å². The van der Waals surface area contributed by atoms with E-state index in [1.165, 1.54) is 36.2 Å². The van der Waals surface area contributed by atoms with Crippen LogP contribution in [0.2, 0.25) is 0 Å². The summed E-state index contributed by atoms with van der Waals surface area (Å²) < 4.78 is 10.8. The van der Waals surface area contributed by atoms with Gasteiger partial charge in [0.25, 0.3) is 5.69 Å². The molecule has 1 atom stereocenters. The first-order valence-electron chi connectivity index (χ1n) is 7.33. The molecule has 0 spiro atoms. The summed E-state index contributed by atoms with van der Waals surface area (Å²) in [5.41, 5.74) is 0.291. The number of hydrogen-bond donors (Lipinski definition) is 0. The van der Waals surface area contributed by atoms with Crippen LogP contribution in [0.3, 0.4) is 0 Å². The third kappa shape index (κ3) is 5.01. The number of likely N-dealkylation sites (N-methyl/N-ethyl adjacent to an activating group) is 1. The maximum Gasteiger partial charge on any atom is 0.617 e. The molecule has 1 aromatic rings. The predicted molar refractivity (Wildman–Crippen MR) is 86.9 cm³/mol. The van der Waals surface area contributed by atoms with E-state index in [9.17, 15) is 24.9 Å². The Balaban J connectivity index is 2.35. The lowest BCUT2D eigenvalue weighted by atomic mass is 9.68. The van der Waals surface area contributed by atoms with Gasteiger partial charge in [-0.05, 0) is 12.6 Å². The van der Waals surface area contributed by atoms with Gasteiger partial charge >= 0.3 is 19.1 Å². The average Bonchev–Trinajstić information content (AvgIpc) is 2.50. The van der Waals surface area contributed by atoms with Gasteiger partial charge in [-0.2, -0.15) is 0 Å². The Hall–Kier alpha value is -2.95. The van der Waals surface area contributed by atoms with Crippen molar-refractivity contribution in [3.8, 4) is 0 Å². The molecule has 0 radical (unpaired) electrons. The number of nitro groups is 1. The van der Waals surface area contributed by atoms with Crippen LogP contribution in [-0.4, -0.2) is 67.0 Å². The zero-order valence-electron chi connectivity index (χ0n) is 13.7. The molecule has 0 aromatic heterocycles. The van der Waals surface area contributed by atoms with E-state index in [0.29, 0.717) is 10.3 Å². The fraction of sp³-hybridized carbons (Fsp3) is 0.357. The lowest BCUT2D eigenvalue weighted by Crippen LogP contribution is -2.45. The Labute approximate surface area is 143 Å². The summed E-state index contributed by atoms with van der Waals surface area (Å²) in [6.45, 7) is -0.211. The van der Waals surface area contributed by atoms with Gasteiger partial charge in [0.05, 0.1) is 18.0 Å². The third-order valence-corrected chi connectivity index (χ3v) is 3.45. The van der Waals surface area contributed by atoms with Crippen LogP contribution >= 0.6 is 0 Å². The Kier molecular flexibility index (Phi) is 5.70. The first kappa shape index (κ1) is 18.4. The minimum Gasteiger partial charge on any atom is -0.624 e. The van der Waals surface area contributed by atoms with Crippen LogP contribution in [0.15, 0.2) is 24.3 Å². The second-order valence-electron chi connectivity index (χ2n) is 5.59. The summed E-state index contributed by atoms with van der Waals surface area (Å²) >= 11 is 0.